The fourth-order valence-electron chi connectivity index (χ4n) is 3.31. The summed E-state index contributed by atoms with van der Waals surface area (Å²) in [5.41, 5.74) is 2.74. The Hall–Kier alpha value is -2.67. The van der Waals surface area contributed by atoms with E-state index < -0.39 is 6.04 Å². The van der Waals surface area contributed by atoms with E-state index in [0.29, 0.717) is 25.1 Å². The highest BCUT2D eigenvalue weighted by Gasteiger charge is 2.40. The first-order valence-corrected chi connectivity index (χ1v) is 11.8. The van der Waals surface area contributed by atoms with Gasteiger partial charge in [-0.15, -0.1) is 11.3 Å². The van der Waals surface area contributed by atoms with Crippen LogP contribution < -0.4 is 10.1 Å². The lowest BCUT2D eigenvalue weighted by atomic mass is 10.0. The molecule has 0 bridgehead atoms. The molecule has 7 heteroatoms. The number of nitrogens with zero attached hydrogens (tertiary/aromatic N) is 1. The number of hydrogen-bond acceptors (Lipinski definition) is 5. The van der Waals surface area contributed by atoms with Gasteiger partial charge in [-0.05, 0) is 25.5 Å². The Balaban J connectivity index is 0.000000630. The number of piperidine rings is 1. The van der Waals surface area contributed by atoms with Crippen molar-refractivity contribution in [3.05, 3.63) is 51.2 Å². The zero-order valence-electron chi connectivity index (χ0n) is 19.0. The summed E-state index contributed by atoms with van der Waals surface area (Å²) < 4.78 is 5.84. The summed E-state index contributed by atoms with van der Waals surface area (Å²) >= 11 is 1.50. The molecule has 0 spiro atoms. The van der Waals surface area contributed by atoms with Crippen molar-refractivity contribution in [2.75, 3.05) is 0 Å². The molecule has 0 aliphatic carbocycles. The molecule has 168 valence electrons. The van der Waals surface area contributed by atoms with Crippen LogP contribution in [0.3, 0.4) is 0 Å². The highest BCUT2D eigenvalue weighted by Crippen LogP contribution is 2.34. The molecule has 0 saturated carbocycles. The molecular formula is C24H32N2O4S. The molecule has 0 radical (unpaired) electrons. The molecular weight excluding hydrogens is 412 g/mol. The van der Waals surface area contributed by atoms with E-state index in [1.807, 2.05) is 50.4 Å². The number of amides is 3. The Bertz CT molecular complexity index is 905. The van der Waals surface area contributed by atoms with Crippen LogP contribution >= 0.6 is 11.3 Å². The third kappa shape index (κ3) is 5.94. The average Bonchev–Trinajstić information content (AvgIpc) is 3.30. The number of fused-ring (bicyclic) bond motifs is 1. The van der Waals surface area contributed by atoms with Gasteiger partial charge in [-0.2, -0.15) is 0 Å². The van der Waals surface area contributed by atoms with Crippen molar-refractivity contribution >= 4 is 29.1 Å². The average molecular weight is 445 g/mol. The quantitative estimate of drug-likeness (QED) is 0.685. The smallest absolute Gasteiger partial charge is 0.256 e. The van der Waals surface area contributed by atoms with Crippen LogP contribution in [0.25, 0.3) is 0 Å². The molecule has 2 aromatic rings. The fourth-order valence-corrected chi connectivity index (χ4v) is 4.25. The van der Waals surface area contributed by atoms with Crippen LogP contribution in [-0.4, -0.2) is 28.7 Å². The molecule has 1 saturated heterocycles. The molecule has 4 rings (SSSR count). The van der Waals surface area contributed by atoms with E-state index in [1.165, 1.54) is 23.3 Å². The molecule has 2 aliphatic heterocycles. The molecule has 1 unspecified atom stereocenters. The van der Waals surface area contributed by atoms with Gasteiger partial charge in [-0.3, -0.25) is 19.7 Å². The molecule has 1 N–H and O–H groups in total. The summed E-state index contributed by atoms with van der Waals surface area (Å²) in [6.07, 6.45) is 1.88. The summed E-state index contributed by atoms with van der Waals surface area (Å²) in [7, 11) is 0. The lowest BCUT2D eigenvalue weighted by Gasteiger charge is -2.29. The van der Waals surface area contributed by atoms with Crippen LogP contribution in [0.4, 0.5) is 0 Å². The number of aryl methyl sites for hydroxylation is 1. The largest absolute Gasteiger partial charge is 0.488 e. The Morgan fingerprint density at radius 3 is 2.39 bits per heavy atom. The number of carbonyl (C=O) groups excluding carboxylic acids is 3. The van der Waals surface area contributed by atoms with Crippen molar-refractivity contribution < 1.29 is 19.1 Å². The second kappa shape index (κ2) is 11.6. The zero-order chi connectivity index (χ0) is 23.0. The number of rotatable bonds is 4. The first-order valence-electron chi connectivity index (χ1n) is 10.9. The number of thiophene rings is 1. The Kier molecular flexibility index (Phi) is 9.24. The van der Waals surface area contributed by atoms with E-state index in [9.17, 15) is 14.4 Å². The lowest BCUT2D eigenvalue weighted by molar-refractivity contribution is -0.136. The van der Waals surface area contributed by atoms with E-state index in [4.69, 9.17) is 4.74 Å². The Morgan fingerprint density at radius 2 is 1.77 bits per heavy atom. The van der Waals surface area contributed by atoms with Gasteiger partial charge in [0, 0.05) is 28.8 Å². The molecule has 6 nitrogen and oxygen atoms in total. The third-order valence-electron chi connectivity index (χ3n) is 4.78. The van der Waals surface area contributed by atoms with E-state index in [0.717, 1.165) is 16.2 Å². The number of benzene rings is 1. The molecule has 3 amide bonds. The third-order valence-corrected chi connectivity index (χ3v) is 5.78. The molecule has 1 fully saturated rings. The summed E-state index contributed by atoms with van der Waals surface area (Å²) in [4.78, 5) is 38.6. The van der Waals surface area contributed by atoms with Gasteiger partial charge in [0.1, 0.15) is 18.4 Å². The molecule has 1 aromatic carbocycles. The van der Waals surface area contributed by atoms with Crippen LogP contribution in [0.15, 0.2) is 29.6 Å². The number of hydrogen-bond donors (Lipinski definition) is 1. The van der Waals surface area contributed by atoms with Gasteiger partial charge in [0.25, 0.3) is 5.91 Å². The first kappa shape index (κ1) is 24.6. The van der Waals surface area contributed by atoms with Gasteiger partial charge in [-0.1, -0.05) is 51.8 Å². The topological polar surface area (TPSA) is 75.7 Å². The van der Waals surface area contributed by atoms with E-state index >= 15 is 0 Å². The van der Waals surface area contributed by atoms with E-state index in [2.05, 4.69) is 19.2 Å². The zero-order valence-corrected chi connectivity index (χ0v) is 19.8. The van der Waals surface area contributed by atoms with Crippen molar-refractivity contribution in [1.82, 2.24) is 10.2 Å². The molecule has 3 heterocycles. The molecule has 31 heavy (non-hydrogen) atoms. The minimum Gasteiger partial charge on any atom is -0.488 e. The van der Waals surface area contributed by atoms with Gasteiger partial charge >= 0.3 is 0 Å². The molecule has 1 aromatic heterocycles. The van der Waals surface area contributed by atoms with Crippen LogP contribution in [0.1, 0.15) is 73.3 Å². The second-order valence-electron chi connectivity index (χ2n) is 7.26. The van der Waals surface area contributed by atoms with E-state index in [-0.39, 0.29) is 24.1 Å². The van der Waals surface area contributed by atoms with Gasteiger partial charge in [0.05, 0.1) is 5.56 Å². The van der Waals surface area contributed by atoms with Crippen LogP contribution in [0.5, 0.6) is 5.75 Å². The molecule has 2 aliphatic rings. The summed E-state index contributed by atoms with van der Waals surface area (Å²) in [6, 6.07) is 7.24. The van der Waals surface area contributed by atoms with Crippen molar-refractivity contribution in [1.29, 1.82) is 0 Å². The molecule has 1 atom stereocenters. The predicted molar refractivity (Wildman–Crippen MR) is 123 cm³/mol. The summed E-state index contributed by atoms with van der Waals surface area (Å²) in [6.45, 7) is 11.0. The standard InChI is InChI=1S/C19H18N2O4S.C3H8.C2H6/c1-11-2-4-12(5-3-11)25-9-16-13-8-21(19(24)14(13)10-26-16)15-6-7-17(22)20-18(15)23;1-3-2;1-2/h2-5,10,15H,6-9H2,1H3,(H,20,22,23);3H2,1-2H3;1-2H3. The minimum absolute atomic E-state index is 0.146. The highest BCUT2D eigenvalue weighted by molar-refractivity contribution is 7.10. The van der Waals surface area contributed by atoms with Gasteiger partial charge < -0.3 is 9.64 Å². The lowest BCUT2D eigenvalue weighted by Crippen LogP contribution is -2.52. The van der Waals surface area contributed by atoms with Crippen molar-refractivity contribution in [2.45, 2.75) is 73.1 Å². The minimum atomic E-state index is -0.580. The van der Waals surface area contributed by atoms with Gasteiger partial charge in [0.15, 0.2) is 0 Å². The second-order valence-corrected chi connectivity index (χ2v) is 8.22. The normalized spacial score (nSPS) is 17.1. The predicted octanol–water partition coefficient (Wildman–Crippen LogP) is 4.84. The van der Waals surface area contributed by atoms with Crippen LogP contribution in [-0.2, 0) is 22.7 Å². The van der Waals surface area contributed by atoms with Crippen molar-refractivity contribution in [3.63, 3.8) is 0 Å². The maximum atomic E-state index is 12.7. The van der Waals surface area contributed by atoms with Crippen molar-refractivity contribution in [2.24, 2.45) is 0 Å². The number of imide groups is 1. The monoisotopic (exact) mass is 444 g/mol. The fraction of sp³-hybridized carbons (Fsp3) is 0.458. The summed E-state index contributed by atoms with van der Waals surface area (Å²) in [5.74, 6) is -0.0309. The SMILES string of the molecule is CC.CCC.Cc1ccc(OCc2scc3c2CN(C2CCC(=O)NC2=O)C3=O)cc1. The van der Waals surface area contributed by atoms with Crippen molar-refractivity contribution in [3.8, 4) is 5.75 Å². The van der Waals surface area contributed by atoms with Crippen LogP contribution in [0.2, 0.25) is 0 Å². The Morgan fingerprint density at radius 1 is 1.13 bits per heavy atom. The Labute approximate surface area is 188 Å². The van der Waals surface area contributed by atoms with Gasteiger partial charge in [0.2, 0.25) is 11.8 Å². The van der Waals surface area contributed by atoms with Crippen LogP contribution in [0, 0.1) is 6.92 Å². The number of ether oxygens (including phenoxy) is 1. The summed E-state index contributed by atoms with van der Waals surface area (Å²) in [5, 5.41) is 4.15. The number of carbonyl (C=O) groups is 3. The maximum absolute atomic E-state index is 12.7. The maximum Gasteiger partial charge on any atom is 0.256 e. The van der Waals surface area contributed by atoms with Gasteiger partial charge in [-0.25, -0.2) is 0 Å². The number of nitrogens with one attached hydrogen (secondary N) is 1. The highest BCUT2D eigenvalue weighted by atomic mass is 32.1. The first-order chi connectivity index (χ1) is 14.9. The van der Waals surface area contributed by atoms with E-state index in [1.54, 1.807) is 4.90 Å².